The number of nitriles is 1. The van der Waals surface area contributed by atoms with Crippen LogP contribution in [-0.2, 0) is 7.05 Å². The van der Waals surface area contributed by atoms with Gasteiger partial charge in [0, 0.05) is 25.8 Å². The molecule has 0 N–H and O–H groups in total. The molecule has 1 amide bonds. The maximum absolute atomic E-state index is 12.3. The van der Waals surface area contributed by atoms with Gasteiger partial charge in [0.15, 0.2) is 0 Å². The van der Waals surface area contributed by atoms with Gasteiger partial charge in [0.05, 0.1) is 23.7 Å². The Labute approximate surface area is 102 Å². The molecule has 0 fully saturated rings. The van der Waals surface area contributed by atoms with Gasteiger partial charge < -0.3 is 4.90 Å². The van der Waals surface area contributed by atoms with Crippen LogP contribution in [0.1, 0.15) is 35.1 Å². The van der Waals surface area contributed by atoms with Gasteiger partial charge in [-0.15, -0.1) is 0 Å². The first-order valence-corrected chi connectivity index (χ1v) is 5.54. The van der Waals surface area contributed by atoms with Gasteiger partial charge in [0.2, 0.25) is 0 Å². The normalized spacial score (nSPS) is 12.0. The van der Waals surface area contributed by atoms with Crippen LogP contribution in [0.4, 0.5) is 0 Å². The molecule has 1 unspecified atom stereocenters. The standard InChI is InChI=1S/C12H18N4O/c1-8(6-7-13)15(4)12(17)11-9(2)14-16(5)10(11)3/h8H,6H2,1-5H3. The summed E-state index contributed by atoms with van der Waals surface area (Å²) in [7, 11) is 3.54. The third-order valence-corrected chi connectivity index (χ3v) is 3.09. The van der Waals surface area contributed by atoms with Crippen LogP contribution in [0.2, 0.25) is 0 Å². The summed E-state index contributed by atoms with van der Waals surface area (Å²) >= 11 is 0. The van der Waals surface area contributed by atoms with Crippen LogP contribution < -0.4 is 0 Å². The Balaban J connectivity index is 3.01. The van der Waals surface area contributed by atoms with Crippen molar-refractivity contribution in [2.75, 3.05) is 7.05 Å². The molecule has 1 rings (SSSR count). The van der Waals surface area contributed by atoms with E-state index in [9.17, 15) is 4.79 Å². The van der Waals surface area contributed by atoms with Crippen molar-refractivity contribution in [1.29, 1.82) is 5.26 Å². The minimum Gasteiger partial charge on any atom is -0.338 e. The number of aryl methyl sites for hydroxylation is 2. The fourth-order valence-electron chi connectivity index (χ4n) is 1.73. The summed E-state index contributed by atoms with van der Waals surface area (Å²) in [6.45, 7) is 5.56. The molecule has 1 aromatic heterocycles. The summed E-state index contributed by atoms with van der Waals surface area (Å²) in [5.41, 5.74) is 2.22. The van der Waals surface area contributed by atoms with E-state index in [-0.39, 0.29) is 11.9 Å². The molecule has 1 heterocycles. The molecule has 0 saturated heterocycles. The lowest BCUT2D eigenvalue weighted by Crippen LogP contribution is -2.35. The minimum absolute atomic E-state index is 0.0733. The molecule has 0 spiro atoms. The van der Waals surface area contributed by atoms with Crippen molar-refractivity contribution in [3.8, 4) is 6.07 Å². The van der Waals surface area contributed by atoms with E-state index in [1.807, 2.05) is 27.8 Å². The summed E-state index contributed by atoms with van der Waals surface area (Å²) < 4.78 is 1.70. The Bertz CT molecular complexity index is 470. The lowest BCUT2D eigenvalue weighted by atomic mass is 10.1. The molecule has 5 nitrogen and oxygen atoms in total. The third-order valence-electron chi connectivity index (χ3n) is 3.09. The average Bonchev–Trinajstić information content (AvgIpc) is 2.51. The molecule has 1 atom stereocenters. The van der Waals surface area contributed by atoms with E-state index in [1.54, 1.807) is 16.6 Å². The third kappa shape index (κ3) is 2.47. The molecular weight excluding hydrogens is 216 g/mol. The van der Waals surface area contributed by atoms with Crippen molar-refractivity contribution >= 4 is 5.91 Å². The summed E-state index contributed by atoms with van der Waals surface area (Å²) in [4.78, 5) is 13.9. The lowest BCUT2D eigenvalue weighted by Gasteiger charge is -2.23. The van der Waals surface area contributed by atoms with Crippen molar-refractivity contribution in [2.24, 2.45) is 7.05 Å². The molecule has 0 bridgehead atoms. The number of amides is 1. The van der Waals surface area contributed by atoms with Crippen molar-refractivity contribution in [3.63, 3.8) is 0 Å². The van der Waals surface area contributed by atoms with E-state index in [0.29, 0.717) is 12.0 Å². The van der Waals surface area contributed by atoms with Crippen LogP contribution >= 0.6 is 0 Å². The largest absolute Gasteiger partial charge is 0.338 e. The monoisotopic (exact) mass is 234 g/mol. The fourth-order valence-corrected chi connectivity index (χ4v) is 1.73. The molecule has 92 valence electrons. The summed E-state index contributed by atoms with van der Waals surface area (Å²) in [5, 5.41) is 12.9. The number of rotatable bonds is 3. The molecule has 17 heavy (non-hydrogen) atoms. The summed E-state index contributed by atoms with van der Waals surface area (Å²) in [6, 6.07) is 1.98. The van der Waals surface area contributed by atoms with Crippen molar-refractivity contribution in [2.45, 2.75) is 33.2 Å². The Morgan fingerprint density at radius 1 is 1.59 bits per heavy atom. The molecule has 0 aliphatic carbocycles. The average molecular weight is 234 g/mol. The van der Waals surface area contributed by atoms with E-state index >= 15 is 0 Å². The second kappa shape index (κ2) is 5.00. The van der Waals surface area contributed by atoms with Crippen LogP contribution in [-0.4, -0.2) is 33.7 Å². The zero-order valence-electron chi connectivity index (χ0n) is 11.0. The zero-order chi connectivity index (χ0) is 13.2. The molecule has 0 aliphatic heterocycles. The van der Waals surface area contributed by atoms with Gasteiger partial charge in [-0.1, -0.05) is 0 Å². The first-order chi connectivity index (χ1) is 7.90. The molecule has 0 radical (unpaired) electrons. The van der Waals surface area contributed by atoms with Crippen LogP contribution in [0, 0.1) is 25.2 Å². The molecule has 5 heteroatoms. The smallest absolute Gasteiger partial charge is 0.257 e. The lowest BCUT2D eigenvalue weighted by molar-refractivity contribution is 0.0744. The van der Waals surface area contributed by atoms with Gasteiger partial charge in [-0.2, -0.15) is 10.4 Å². The van der Waals surface area contributed by atoms with Gasteiger partial charge in [0.1, 0.15) is 0 Å². The van der Waals surface area contributed by atoms with E-state index in [2.05, 4.69) is 11.2 Å². The first kappa shape index (κ1) is 13.2. The Kier molecular flexibility index (Phi) is 3.89. The number of carbonyl (C=O) groups excluding carboxylic acids is 1. The van der Waals surface area contributed by atoms with E-state index in [4.69, 9.17) is 5.26 Å². The quantitative estimate of drug-likeness (QED) is 0.794. The zero-order valence-corrected chi connectivity index (χ0v) is 11.0. The van der Waals surface area contributed by atoms with Crippen LogP contribution in [0.5, 0.6) is 0 Å². The van der Waals surface area contributed by atoms with Gasteiger partial charge in [0.25, 0.3) is 5.91 Å². The minimum atomic E-state index is -0.0912. The number of hydrogen-bond acceptors (Lipinski definition) is 3. The highest BCUT2D eigenvalue weighted by atomic mass is 16.2. The maximum atomic E-state index is 12.3. The Morgan fingerprint density at radius 2 is 2.18 bits per heavy atom. The summed E-state index contributed by atoms with van der Waals surface area (Å²) in [5.74, 6) is -0.0733. The predicted octanol–water partition coefficient (Wildman–Crippen LogP) is 1.41. The van der Waals surface area contributed by atoms with Gasteiger partial charge >= 0.3 is 0 Å². The van der Waals surface area contributed by atoms with Crippen molar-refractivity contribution in [1.82, 2.24) is 14.7 Å². The van der Waals surface area contributed by atoms with Gasteiger partial charge in [-0.05, 0) is 20.8 Å². The highest BCUT2D eigenvalue weighted by Gasteiger charge is 2.23. The second-order valence-corrected chi connectivity index (χ2v) is 4.30. The Hall–Kier alpha value is -1.83. The van der Waals surface area contributed by atoms with Gasteiger partial charge in [-0.25, -0.2) is 0 Å². The summed E-state index contributed by atoms with van der Waals surface area (Å²) in [6.07, 6.45) is 0.334. The molecule has 0 aliphatic rings. The molecular formula is C12H18N4O. The second-order valence-electron chi connectivity index (χ2n) is 4.30. The highest BCUT2D eigenvalue weighted by Crippen LogP contribution is 2.16. The van der Waals surface area contributed by atoms with Gasteiger partial charge in [-0.3, -0.25) is 9.48 Å². The topological polar surface area (TPSA) is 61.9 Å². The predicted molar refractivity (Wildman–Crippen MR) is 64.5 cm³/mol. The van der Waals surface area contributed by atoms with E-state index in [0.717, 1.165) is 11.4 Å². The SMILES string of the molecule is Cc1nn(C)c(C)c1C(=O)N(C)C(C)CC#N. The van der Waals surface area contributed by atoms with Crippen LogP contribution in [0.25, 0.3) is 0 Å². The van der Waals surface area contributed by atoms with E-state index < -0.39 is 0 Å². The number of aromatic nitrogens is 2. The fraction of sp³-hybridized carbons (Fsp3) is 0.583. The molecule has 0 saturated carbocycles. The Morgan fingerprint density at radius 3 is 2.59 bits per heavy atom. The van der Waals surface area contributed by atoms with Crippen molar-refractivity contribution in [3.05, 3.63) is 17.0 Å². The van der Waals surface area contributed by atoms with Crippen molar-refractivity contribution < 1.29 is 4.79 Å². The van der Waals surface area contributed by atoms with Crippen LogP contribution in [0.15, 0.2) is 0 Å². The highest BCUT2D eigenvalue weighted by molar-refractivity contribution is 5.96. The number of hydrogen-bond donors (Lipinski definition) is 0. The molecule has 1 aromatic rings. The number of nitrogens with zero attached hydrogens (tertiary/aromatic N) is 4. The first-order valence-electron chi connectivity index (χ1n) is 5.54. The molecule has 0 aromatic carbocycles. The van der Waals surface area contributed by atoms with E-state index in [1.165, 1.54) is 0 Å². The van der Waals surface area contributed by atoms with Crippen LogP contribution in [0.3, 0.4) is 0 Å². The maximum Gasteiger partial charge on any atom is 0.257 e. The number of carbonyl (C=O) groups is 1.